The summed E-state index contributed by atoms with van der Waals surface area (Å²) in [6, 6.07) is 5.54. The number of carboxylic acid groups (broad SMARTS) is 1. The van der Waals surface area contributed by atoms with Gasteiger partial charge in [-0.05, 0) is 24.6 Å². The van der Waals surface area contributed by atoms with Gasteiger partial charge in [0.25, 0.3) is 0 Å². The van der Waals surface area contributed by atoms with Gasteiger partial charge in [-0.3, -0.25) is 14.5 Å². The van der Waals surface area contributed by atoms with Gasteiger partial charge in [0, 0.05) is 13.1 Å². The first-order valence-corrected chi connectivity index (χ1v) is 6.39. The topological polar surface area (TPSA) is 78.9 Å². The summed E-state index contributed by atoms with van der Waals surface area (Å²) in [5, 5.41) is 11.6. The zero-order valence-corrected chi connectivity index (χ0v) is 11.5. The fraction of sp³-hybridized carbons (Fsp3) is 0.429. The predicted molar refractivity (Wildman–Crippen MR) is 73.9 cm³/mol. The van der Waals surface area contributed by atoms with Gasteiger partial charge in [-0.2, -0.15) is 0 Å². The average molecular weight is 278 g/mol. The predicted octanol–water partition coefficient (Wildman–Crippen LogP) is 0.959. The highest BCUT2D eigenvalue weighted by Gasteiger charge is 2.33. The summed E-state index contributed by atoms with van der Waals surface area (Å²) in [7, 11) is 1.55. The number of carboxylic acids is 1. The van der Waals surface area contributed by atoms with Crippen molar-refractivity contribution in [3.63, 3.8) is 0 Å². The van der Waals surface area contributed by atoms with Crippen molar-refractivity contribution in [1.82, 2.24) is 4.90 Å². The van der Waals surface area contributed by atoms with Crippen LogP contribution in [0.25, 0.3) is 0 Å². The molecule has 0 radical (unpaired) electrons. The van der Waals surface area contributed by atoms with Gasteiger partial charge < -0.3 is 15.2 Å². The smallest absolute Gasteiger partial charge is 0.309 e. The maximum Gasteiger partial charge on any atom is 0.309 e. The Hall–Kier alpha value is -2.08. The largest absolute Gasteiger partial charge is 0.495 e. The number of nitrogens with one attached hydrogen (secondary N) is 1. The lowest BCUT2D eigenvalue weighted by Gasteiger charge is -2.35. The molecule has 0 aromatic heterocycles. The van der Waals surface area contributed by atoms with Gasteiger partial charge in [-0.15, -0.1) is 0 Å². The van der Waals surface area contributed by atoms with Crippen LogP contribution in [0.15, 0.2) is 18.2 Å². The highest BCUT2D eigenvalue weighted by Crippen LogP contribution is 2.25. The van der Waals surface area contributed by atoms with Gasteiger partial charge >= 0.3 is 5.97 Å². The number of rotatable bonds is 5. The molecular weight excluding hydrogens is 260 g/mol. The highest BCUT2D eigenvalue weighted by molar-refractivity contribution is 5.94. The van der Waals surface area contributed by atoms with Crippen LogP contribution in [0.3, 0.4) is 0 Å². The monoisotopic (exact) mass is 278 g/mol. The number of methoxy groups -OCH3 is 1. The van der Waals surface area contributed by atoms with Crippen LogP contribution >= 0.6 is 0 Å². The SMILES string of the molecule is COc1ccc(C)cc1NC(=O)CN1CC(C(=O)O)C1. The first kappa shape index (κ1) is 14.3. The van der Waals surface area contributed by atoms with Crippen molar-refractivity contribution in [2.45, 2.75) is 6.92 Å². The Morgan fingerprint density at radius 1 is 1.45 bits per heavy atom. The second-order valence-electron chi connectivity index (χ2n) is 4.98. The number of amides is 1. The number of carbonyl (C=O) groups excluding carboxylic acids is 1. The van der Waals surface area contributed by atoms with Crippen LogP contribution < -0.4 is 10.1 Å². The minimum absolute atomic E-state index is 0.169. The number of benzene rings is 1. The Balaban J connectivity index is 1.89. The number of aryl methyl sites for hydroxylation is 1. The molecule has 1 aromatic carbocycles. The molecule has 108 valence electrons. The third-order valence-electron chi connectivity index (χ3n) is 3.30. The van der Waals surface area contributed by atoms with Gasteiger partial charge in [0.05, 0.1) is 25.3 Å². The molecular formula is C14H18N2O4. The molecule has 6 heteroatoms. The Morgan fingerprint density at radius 2 is 2.15 bits per heavy atom. The summed E-state index contributed by atoms with van der Waals surface area (Å²) < 4.78 is 5.19. The van der Waals surface area contributed by atoms with Gasteiger partial charge in [0.15, 0.2) is 0 Å². The minimum Gasteiger partial charge on any atom is -0.495 e. The van der Waals surface area contributed by atoms with E-state index in [0.717, 1.165) is 5.56 Å². The van der Waals surface area contributed by atoms with E-state index < -0.39 is 5.97 Å². The molecule has 0 saturated carbocycles. The fourth-order valence-corrected chi connectivity index (χ4v) is 2.17. The van der Waals surface area contributed by atoms with E-state index in [1.54, 1.807) is 18.1 Å². The quantitative estimate of drug-likeness (QED) is 0.838. The van der Waals surface area contributed by atoms with Crippen molar-refractivity contribution in [1.29, 1.82) is 0 Å². The summed E-state index contributed by atoms with van der Waals surface area (Å²) in [5.74, 6) is -0.716. The van der Waals surface area contributed by atoms with Gasteiger partial charge in [0.1, 0.15) is 5.75 Å². The van der Waals surface area contributed by atoms with E-state index >= 15 is 0 Å². The molecule has 6 nitrogen and oxygen atoms in total. The highest BCUT2D eigenvalue weighted by atomic mass is 16.5. The van der Waals surface area contributed by atoms with Crippen molar-refractivity contribution in [2.24, 2.45) is 5.92 Å². The molecule has 1 saturated heterocycles. The Bertz CT molecular complexity index is 524. The number of aliphatic carboxylic acids is 1. The maximum absolute atomic E-state index is 11.9. The normalized spacial score (nSPS) is 15.5. The van der Waals surface area contributed by atoms with Crippen molar-refractivity contribution in [3.8, 4) is 5.75 Å². The Kier molecular flexibility index (Phi) is 4.24. The molecule has 1 amide bonds. The van der Waals surface area contributed by atoms with E-state index in [-0.39, 0.29) is 18.4 Å². The maximum atomic E-state index is 11.9. The minimum atomic E-state index is -0.804. The number of carbonyl (C=O) groups is 2. The van der Waals surface area contributed by atoms with Gasteiger partial charge in [-0.25, -0.2) is 0 Å². The number of anilines is 1. The van der Waals surface area contributed by atoms with Crippen LogP contribution in [-0.2, 0) is 9.59 Å². The van der Waals surface area contributed by atoms with E-state index in [2.05, 4.69) is 5.32 Å². The van der Waals surface area contributed by atoms with E-state index in [1.807, 2.05) is 19.1 Å². The molecule has 0 aliphatic carbocycles. The molecule has 2 rings (SSSR count). The van der Waals surface area contributed by atoms with Crippen LogP contribution in [-0.4, -0.2) is 48.6 Å². The van der Waals surface area contributed by atoms with Crippen LogP contribution in [0.4, 0.5) is 5.69 Å². The van der Waals surface area contributed by atoms with E-state index in [4.69, 9.17) is 9.84 Å². The molecule has 1 aromatic rings. The summed E-state index contributed by atoms with van der Waals surface area (Å²) in [4.78, 5) is 24.4. The summed E-state index contributed by atoms with van der Waals surface area (Å²) >= 11 is 0. The molecule has 0 bridgehead atoms. The zero-order chi connectivity index (χ0) is 14.7. The average Bonchev–Trinajstić information content (AvgIpc) is 2.33. The zero-order valence-electron chi connectivity index (χ0n) is 11.5. The third-order valence-corrected chi connectivity index (χ3v) is 3.30. The molecule has 20 heavy (non-hydrogen) atoms. The lowest BCUT2D eigenvalue weighted by Crippen LogP contribution is -2.52. The standard InChI is InChI=1S/C14H18N2O4/c1-9-3-4-12(20-2)11(5-9)15-13(17)8-16-6-10(7-16)14(18)19/h3-5,10H,6-8H2,1-2H3,(H,15,17)(H,18,19). The summed E-state index contributed by atoms with van der Waals surface area (Å²) in [6.07, 6.45) is 0. The van der Waals surface area contributed by atoms with E-state index in [1.165, 1.54) is 0 Å². The number of likely N-dealkylation sites (tertiary alicyclic amines) is 1. The van der Waals surface area contributed by atoms with Crippen molar-refractivity contribution >= 4 is 17.6 Å². The molecule has 0 unspecified atom stereocenters. The molecule has 1 heterocycles. The second kappa shape index (κ2) is 5.92. The van der Waals surface area contributed by atoms with Crippen molar-refractivity contribution in [3.05, 3.63) is 23.8 Å². The van der Waals surface area contributed by atoms with Gasteiger partial charge in [0.2, 0.25) is 5.91 Å². The van der Waals surface area contributed by atoms with Crippen molar-refractivity contribution < 1.29 is 19.4 Å². The fourth-order valence-electron chi connectivity index (χ4n) is 2.17. The first-order valence-electron chi connectivity index (χ1n) is 6.39. The summed E-state index contributed by atoms with van der Waals surface area (Å²) in [6.45, 7) is 2.98. The lowest BCUT2D eigenvalue weighted by atomic mass is 10.0. The molecule has 1 aliphatic heterocycles. The van der Waals surface area contributed by atoms with E-state index in [0.29, 0.717) is 24.5 Å². The number of nitrogens with zero attached hydrogens (tertiary/aromatic N) is 1. The van der Waals surface area contributed by atoms with Crippen LogP contribution in [0.1, 0.15) is 5.56 Å². The second-order valence-corrected chi connectivity index (χ2v) is 4.98. The third kappa shape index (κ3) is 3.27. The first-order chi connectivity index (χ1) is 9.49. The van der Waals surface area contributed by atoms with Crippen LogP contribution in [0.2, 0.25) is 0 Å². The van der Waals surface area contributed by atoms with Crippen molar-refractivity contribution in [2.75, 3.05) is 32.1 Å². The Morgan fingerprint density at radius 3 is 2.75 bits per heavy atom. The summed E-state index contributed by atoms with van der Waals surface area (Å²) in [5.41, 5.74) is 1.66. The number of hydrogen-bond acceptors (Lipinski definition) is 4. The molecule has 2 N–H and O–H groups in total. The Labute approximate surface area is 117 Å². The number of ether oxygens (including phenoxy) is 1. The lowest BCUT2D eigenvalue weighted by molar-refractivity contribution is -0.148. The molecule has 0 atom stereocenters. The molecule has 1 fully saturated rings. The molecule has 0 spiro atoms. The van der Waals surface area contributed by atoms with Crippen LogP contribution in [0, 0.1) is 12.8 Å². The number of hydrogen-bond donors (Lipinski definition) is 2. The molecule has 1 aliphatic rings. The van der Waals surface area contributed by atoms with E-state index in [9.17, 15) is 9.59 Å². The van der Waals surface area contributed by atoms with Gasteiger partial charge in [-0.1, -0.05) is 6.07 Å². The van der Waals surface area contributed by atoms with Crippen LogP contribution in [0.5, 0.6) is 5.75 Å².